The minimum absolute atomic E-state index is 0.609. The van der Waals surface area contributed by atoms with Gasteiger partial charge in [0, 0.05) is 18.1 Å². The summed E-state index contributed by atoms with van der Waals surface area (Å²) in [4.78, 5) is 0. The first-order chi connectivity index (χ1) is 7.53. The van der Waals surface area contributed by atoms with Gasteiger partial charge < -0.3 is 16.0 Å². The second-order valence-electron chi connectivity index (χ2n) is 5.14. The molecular weight excluding hydrogens is 198 g/mol. The molecule has 0 saturated heterocycles. The molecule has 0 aromatic heterocycles. The van der Waals surface area contributed by atoms with Crippen molar-refractivity contribution < 1.29 is 0 Å². The molecule has 0 radical (unpaired) electrons. The third-order valence-electron chi connectivity index (χ3n) is 3.54. The lowest BCUT2D eigenvalue weighted by atomic mass is 9.88. The summed E-state index contributed by atoms with van der Waals surface area (Å²) in [6.45, 7) is 6.79. The molecule has 0 rings (SSSR count). The number of rotatable bonds is 9. The van der Waals surface area contributed by atoms with Crippen LogP contribution in [-0.4, -0.2) is 39.3 Å². The van der Waals surface area contributed by atoms with Crippen LogP contribution < -0.4 is 16.0 Å². The van der Waals surface area contributed by atoms with E-state index < -0.39 is 0 Å². The van der Waals surface area contributed by atoms with Crippen molar-refractivity contribution in [3.05, 3.63) is 0 Å². The van der Waals surface area contributed by atoms with Crippen molar-refractivity contribution in [3.8, 4) is 0 Å². The van der Waals surface area contributed by atoms with Crippen molar-refractivity contribution in [2.75, 3.05) is 21.1 Å². The zero-order chi connectivity index (χ0) is 12.6. The summed E-state index contributed by atoms with van der Waals surface area (Å²) in [7, 11) is 6.14. The van der Waals surface area contributed by atoms with Crippen molar-refractivity contribution in [2.45, 2.75) is 58.2 Å². The lowest BCUT2D eigenvalue weighted by Crippen LogP contribution is -2.33. The topological polar surface area (TPSA) is 36.1 Å². The van der Waals surface area contributed by atoms with Gasteiger partial charge in [-0.2, -0.15) is 0 Å². The Morgan fingerprint density at radius 3 is 1.06 bits per heavy atom. The molecule has 0 aliphatic heterocycles. The van der Waals surface area contributed by atoms with Crippen LogP contribution in [0.3, 0.4) is 0 Å². The van der Waals surface area contributed by atoms with Crippen LogP contribution in [0.25, 0.3) is 0 Å². The third kappa shape index (κ3) is 7.20. The molecule has 0 aliphatic rings. The predicted molar refractivity (Wildman–Crippen MR) is 72.9 cm³/mol. The Labute approximate surface area is 102 Å². The molecule has 0 spiro atoms. The molecule has 0 aromatic carbocycles. The quantitative estimate of drug-likeness (QED) is 0.562. The van der Waals surface area contributed by atoms with Crippen molar-refractivity contribution >= 4 is 0 Å². The van der Waals surface area contributed by atoms with Crippen molar-refractivity contribution in [1.82, 2.24) is 16.0 Å². The van der Waals surface area contributed by atoms with Gasteiger partial charge in [0.05, 0.1) is 0 Å². The SMILES string of the molecule is CNC(C)CC(CC(C)NC)CC(C)NC. The van der Waals surface area contributed by atoms with Gasteiger partial charge in [0.25, 0.3) is 0 Å². The molecule has 0 heterocycles. The van der Waals surface area contributed by atoms with Gasteiger partial charge in [0.2, 0.25) is 0 Å². The second kappa shape index (κ2) is 8.97. The van der Waals surface area contributed by atoms with Crippen LogP contribution in [-0.2, 0) is 0 Å². The summed E-state index contributed by atoms with van der Waals surface area (Å²) in [5.74, 6) is 0.785. The van der Waals surface area contributed by atoms with Gasteiger partial charge in [-0.05, 0) is 67.1 Å². The minimum Gasteiger partial charge on any atom is -0.317 e. The standard InChI is InChI=1S/C13H31N3/c1-10(14-4)7-13(8-11(2)15-5)9-12(3)16-6/h10-16H,7-9H2,1-6H3. The van der Waals surface area contributed by atoms with E-state index in [0.717, 1.165) is 5.92 Å². The monoisotopic (exact) mass is 229 g/mol. The summed E-state index contributed by atoms with van der Waals surface area (Å²) < 4.78 is 0. The normalized spacial score (nSPS) is 19.1. The average molecular weight is 229 g/mol. The third-order valence-corrected chi connectivity index (χ3v) is 3.54. The fourth-order valence-corrected chi connectivity index (χ4v) is 2.14. The molecule has 16 heavy (non-hydrogen) atoms. The maximum atomic E-state index is 3.34. The molecule has 0 fully saturated rings. The lowest BCUT2D eigenvalue weighted by molar-refractivity contribution is 0.310. The molecule has 3 N–H and O–H groups in total. The van der Waals surface area contributed by atoms with Crippen molar-refractivity contribution in [1.29, 1.82) is 0 Å². The predicted octanol–water partition coefficient (Wildman–Crippen LogP) is 1.60. The summed E-state index contributed by atoms with van der Waals surface area (Å²) in [6.07, 6.45) is 3.78. The Morgan fingerprint density at radius 2 is 0.875 bits per heavy atom. The van der Waals surface area contributed by atoms with E-state index >= 15 is 0 Å². The van der Waals surface area contributed by atoms with Crippen LogP contribution in [0.1, 0.15) is 40.0 Å². The summed E-state index contributed by atoms with van der Waals surface area (Å²) in [5.41, 5.74) is 0. The molecule has 3 atom stereocenters. The minimum atomic E-state index is 0.609. The van der Waals surface area contributed by atoms with Crippen LogP contribution in [0.5, 0.6) is 0 Å². The van der Waals surface area contributed by atoms with Gasteiger partial charge >= 0.3 is 0 Å². The highest BCUT2D eigenvalue weighted by molar-refractivity contribution is 4.75. The van der Waals surface area contributed by atoms with E-state index in [1.807, 2.05) is 21.1 Å². The Hall–Kier alpha value is -0.120. The van der Waals surface area contributed by atoms with Gasteiger partial charge in [-0.15, -0.1) is 0 Å². The van der Waals surface area contributed by atoms with Crippen LogP contribution in [0.2, 0.25) is 0 Å². The Morgan fingerprint density at radius 1 is 0.625 bits per heavy atom. The van der Waals surface area contributed by atoms with E-state index in [1.54, 1.807) is 0 Å². The molecular formula is C13H31N3. The fourth-order valence-electron chi connectivity index (χ4n) is 2.14. The molecule has 0 saturated carbocycles. The fraction of sp³-hybridized carbons (Fsp3) is 1.00. The first-order valence-electron chi connectivity index (χ1n) is 6.55. The Bertz CT molecular complexity index is 133. The summed E-state index contributed by atoms with van der Waals surface area (Å²) >= 11 is 0. The van der Waals surface area contributed by atoms with Crippen LogP contribution in [0.4, 0.5) is 0 Å². The highest BCUT2D eigenvalue weighted by Gasteiger charge is 2.17. The maximum Gasteiger partial charge on any atom is 0.00383 e. The van der Waals surface area contributed by atoms with E-state index in [9.17, 15) is 0 Å². The van der Waals surface area contributed by atoms with E-state index in [0.29, 0.717) is 18.1 Å². The molecule has 0 aliphatic carbocycles. The summed E-state index contributed by atoms with van der Waals surface area (Å²) in [5, 5.41) is 10.0. The number of hydrogen-bond donors (Lipinski definition) is 3. The van der Waals surface area contributed by atoms with Gasteiger partial charge in [-0.3, -0.25) is 0 Å². The highest BCUT2D eigenvalue weighted by Crippen LogP contribution is 2.19. The van der Waals surface area contributed by atoms with Crippen LogP contribution >= 0.6 is 0 Å². The maximum absolute atomic E-state index is 3.34. The smallest absolute Gasteiger partial charge is 0.00383 e. The van der Waals surface area contributed by atoms with Crippen LogP contribution in [0.15, 0.2) is 0 Å². The van der Waals surface area contributed by atoms with Gasteiger partial charge in [0.1, 0.15) is 0 Å². The lowest BCUT2D eigenvalue weighted by Gasteiger charge is -2.26. The number of hydrogen-bond acceptors (Lipinski definition) is 3. The Kier molecular flexibility index (Phi) is 8.90. The molecule has 3 heteroatoms. The van der Waals surface area contributed by atoms with Gasteiger partial charge in [-0.25, -0.2) is 0 Å². The van der Waals surface area contributed by atoms with E-state index in [1.165, 1.54) is 19.3 Å². The van der Waals surface area contributed by atoms with Crippen molar-refractivity contribution in [3.63, 3.8) is 0 Å². The zero-order valence-electron chi connectivity index (χ0n) is 11.9. The van der Waals surface area contributed by atoms with E-state index in [2.05, 4.69) is 36.7 Å². The first kappa shape index (κ1) is 15.9. The molecule has 3 nitrogen and oxygen atoms in total. The van der Waals surface area contributed by atoms with Crippen LogP contribution in [0, 0.1) is 5.92 Å². The molecule has 0 amide bonds. The van der Waals surface area contributed by atoms with Crippen molar-refractivity contribution in [2.24, 2.45) is 5.92 Å². The van der Waals surface area contributed by atoms with E-state index in [-0.39, 0.29) is 0 Å². The Balaban J connectivity index is 4.15. The largest absolute Gasteiger partial charge is 0.317 e. The average Bonchev–Trinajstić information content (AvgIpc) is 2.28. The van der Waals surface area contributed by atoms with E-state index in [4.69, 9.17) is 0 Å². The van der Waals surface area contributed by atoms with Gasteiger partial charge in [-0.1, -0.05) is 0 Å². The molecule has 3 unspecified atom stereocenters. The molecule has 0 aromatic rings. The molecule has 98 valence electrons. The zero-order valence-corrected chi connectivity index (χ0v) is 11.9. The molecule has 0 bridgehead atoms. The highest BCUT2D eigenvalue weighted by atomic mass is 14.9. The number of nitrogens with one attached hydrogen (secondary N) is 3. The second-order valence-corrected chi connectivity index (χ2v) is 5.14. The summed E-state index contributed by atoms with van der Waals surface area (Å²) in [6, 6.07) is 1.83. The first-order valence-corrected chi connectivity index (χ1v) is 6.55. The van der Waals surface area contributed by atoms with Gasteiger partial charge in [0.15, 0.2) is 0 Å².